The summed E-state index contributed by atoms with van der Waals surface area (Å²) < 4.78 is 0. The first-order valence-corrected chi connectivity index (χ1v) is 23.0. The number of aromatic nitrogens is 6. The number of benzene rings is 7. The van der Waals surface area contributed by atoms with Crippen molar-refractivity contribution in [2.75, 3.05) is 9.80 Å². The monoisotopic (exact) mass is 882 g/mol. The van der Waals surface area contributed by atoms with Crippen LogP contribution in [0.25, 0.3) is 46.6 Å². The summed E-state index contributed by atoms with van der Waals surface area (Å²) >= 11 is 0. The summed E-state index contributed by atoms with van der Waals surface area (Å²) in [5.74, 6) is 1.17. The Morgan fingerprint density at radius 1 is 0.338 bits per heavy atom. The van der Waals surface area contributed by atoms with Crippen LogP contribution in [0.1, 0.15) is 83.3 Å². The summed E-state index contributed by atoms with van der Waals surface area (Å²) in [6, 6.07) is 52.8. The SMILES string of the molecule is Cc1ccc(N(c2ccc3c(c2)C(C)(C)c2cc(C=Cc4ccc(C=Cc5ccc6c(c5)C(C)(C)c5cc(N(c7ccc(C)cc7)c7ncncn7)ccc5-6)cc4)ccc2-3)c2ncncn2)cc1. The lowest BCUT2D eigenvalue weighted by Crippen LogP contribution is -2.17. The molecule has 2 aromatic heterocycles. The van der Waals surface area contributed by atoms with Crippen molar-refractivity contribution in [3.63, 3.8) is 0 Å². The van der Waals surface area contributed by atoms with Gasteiger partial charge in [-0.15, -0.1) is 0 Å². The van der Waals surface area contributed by atoms with Gasteiger partial charge in [-0.1, -0.05) is 160 Å². The highest BCUT2D eigenvalue weighted by Crippen LogP contribution is 2.52. The number of hydrogen-bond donors (Lipinski definition) is 0. The van der Waals surface area contributed by atoms with Crippen LogP contribution in [0.4, 0.5) is 34.6 Å². The zero-order chi connectivity index (χ0) is 46.6. The van der Waals surface area contributed by atoms with E-state index in [0.29, 0.717) is 11.9 Å². The Kier molecular flexibility index (Phi) is 10.5. The average Bonchev–Trinajstić information content (AvgIpc) is 3.73. The minimum absolute atomic E-state index is 0.209. The van der Waals surface area contributed by atoms with Crippen molar-refractivity contribution in [3.05, 3.63) is 227 Å². The predicted molar refractivity (Wildman–Crippen MR) is 278 cm³/mol. The van der Waals surface area contributed by atoms with Crippen LogP contribution in [0, 0.1) is 13.8 Å². The summed E-state index contributed by atoms with van der Waals surface area (Å²) in [7, 11) is 0. The molecular weight excluding hydrogens is 833 g/mol. The lowest BCUT2D eigenvalue weighted by atomic mass is 9.81. The van der Waals surface area contributed by atoms with E-state index in [2.05, 4.69) is 251 Å². The quantitative estimate of drug-likeness (QED) is 0.126. The van der Waals surface area contributed by atoms with Crippen LogP contribution < -0.4 is 9.80 Å². The number of hydrogen-bond acceptors (Lipinski definition) is 8. The average molecular weight is 883 g/mol. The smallest absolute Gasteiger partial charge is 0.237 e. The maximum atomic E-state index is 4.54. The van der Waals surface area contributed by atoms with Crippen LogP contribution in [-0.4, -0.2) is 29.9 Å². The second-order valence-electron chi connectivity index (χ2n) is 18.9. The molecule has 0 unspecified atom stereocenters. The molecule has 0 N–H and O–H groups in total. The largest absolute Gasteiger partial charge is 0.279 e. The molecule has 0 saturated carbocycles. The van der Waals surface area contributed by atoms with Crippen LogP contribution in [-0.2, 0) is 10.8 Å². The molecule has 2 aliphatic rings. The van der Waals surface area contributed by atoms with Crippen molar-refractivity contribution in [1.29, 1.82) is 0 Å². The third-order valence-electron chi connectivity index (χ3n) is 13.7. The highest BCUT2D eigenvalue weighted by Gasteiger charge is 2.38. The second-order valence-corrected chi connectivity index (χ2v) is 18.9. The molecule has 0 spiro atoms. The van der Waals surface area contributed by atoms with Gasteiger partial charge in [0.1, 0.15) is 25.3 Å². The normalized spacial score (nSPS) is 13.9. The maximum absolute atomic E-state index is 4.54. The molecule has 0 saturated heterocycles. The van der Waals surface area contributed by atoms with E-state index in [1.54, 1.807) is 25.3 Å². The van der Waals surface area contributed by atoms with E-state index in [0.717, 1.165) is 33.9 Å². The number of anilines is 6. The van der Waals surface area contributed by atoms with E-state index in [1.807, 2.05) is 0 Å². The molecule has 330 valence electrons. The zero-order valence-corrected chi connectivity index (χ0v) is 39.1. The fraction of sp³-hybridized carbons (Fsp3) is 0.133. The third kappa shape index (κ3) is 7.63. The van der Waals surface area contributed by atoms with Crippen molar-refractivity contribution in [3.8, 4) is 22.3 Å². The zero-order valence-electron chi connectivity index (χ0n) is 39.1. The molecule has 0 atom stereocenters. The van der Waals surface area contributed by atoms with Gasteiger partial charge >= 0.3 is 0 Å². The fourth-order valence-corrected chi connectivity index (χ4v) is 9.92. The van der Waals surface area contributed by atoms with Gasteiger partial charge < -0.3 is 0 Å². The van der Waals surface area contributed by atoms with E-state index in [1.165, 1.54) is 66.8 Å². The summed E-state index contributed by atoms with van der Waals surface area (Å²) in [4.78, 5) is 30.5. The van der Waals surface area contributed by atoms with Crippen LogP contribution >= 0.6 is 0 Å². The fourth-order valence-electron chi connectivity index (χ4n) is 9.92. The van der Waals surface area contributed by atoms with Gasteiger partial charge in [0.25, 0.3) is 0 Å². The Bertz CT molecular complexity index is 3170. The van der Waals surface area contributed by atoms with Crippen molar-refractivity contribution >= 4 is 59.0 Å². The third-order valence-corrected chi connectivity index (χ3v) is 13.7. The Labute approximate surface area is 398 Å². The molecule has 0 bridgehead atoms. The summed E-state index contributed by atoms with van der Waals surface area (Å²) in [6.45, 7) is 13.5. The predicted octanol–water partition coefficient (Wildman–Crippen LogP) is 14.6. The summed E-state index contributed by atoms with van der Waals surface area (Å²) in [6.07, 6.45) is 15.0. The molecule has 68 heavy (non-hydrogen) atoms. The molecule has 9 aromatic rings. The van der Waals surface area contributed by atoms with Crippen LogP contribution in [0.2, 0.25) is 0 Å². The van der Waals surface area contributed by atoms with Crippen LogP contribution in [0.15, 0.2) is 171 Å². The van der Waals surface area contributed by atoms with Gasteiger partial charge in [0.2, 0.25) is 11.9 Å². The topological polar surface area (TPSA) is 83.8 Å². The lowest BCUT2D eigenvalue weighted by Gasteiger charge is -2.26. The minimum Gasteiger partial charge on any atom is -0.279 e. The number of aryl methyl sites for hydroxylation is 2. The minimum atomic E-state index is -0.209. The molecule has 11 rings (SSSR count). The molecule has 0 radical (unpaired) electrons. The first-order valence-electron chi connectivity index (χ1n) is 23.0. The first kappa shape index (κ1) is 42.3. The van der Waals surface area contributed by atoms with Crippen molar-refractivity contribution < 1.29 is 0 Å². The standard InChI is InChI=1S/C60H50N8/c1-39-7-21-45(22-8-39)67(57-63-35-61-36-64-57)47-25-29-51-49-27-19-43(31-53(49)59(3,4)55(51)33-47)17-15-41-11-13-42(14-12-41)16-18-44-20-28-50-52-30-26-48(34-56(52)60(5,6)54(50)32-44)68(58-65-37-62-38-66-58)46-23-9-40(2)10-24-46/h7-38H,1-6H3. The Morgan fingerprint density at radius 3 is 1.00 bits per heavy atom. The van der Waals surface area contributed by atoms with Gasteiger partial charge in [0.15, 0.2) is 0 Å². The van der Waals surface area contributed by atoms with Crippen LogP contribution in [0.3, 0.4) is 0 Å². The van der Waals surface area contributed by atoms with Gasteiger partial charge in [0, 0.05) is 33.6 Å². The molecule has 8 heteroatoms. The summed E-state index contributed by atoms with van der Waals surface area (Å²) in [5, 5.41) is 0. The summed E-state index contributed by atoms with van der Waals surface area (Å²) in [5.41, 5.74) is 20.9. The molecule has 2 aliphatic carbocycles. The number of nitrogens with zero attached hydrogens (tertiary/aromatic N) is 8. The second kappa shape index (κ2) is 16.8. The van der Waals surface area contributed by atoms with Gasteiger partial charge in [-0.05, 0) is 129 Å². The number of rotatable bonds is 10. The van der Waals surface area contributed by atoms with E-state index in [4.69, 9.17) is 0 Å². The highest BCUT2D eigenvalue weighted by molar-refractivity contribution is 5.88. The molecule has 8 nitrogen and oxygen atoms in total. The molecular formula is C60H50N8. The first-order chi connectivity index (χ1) is 33.0. The Hall–Kier alpha value is -8.36. The van der Waals surface area contributed by atoms with Crippen molar-refractivity contribution in [1.82, 2.24) is 29.9 Å². The Balaban J connectivity index is 0.796. The van der Waals surface area contributed by atoms with Gasteiger partial charge in [-0.25, -0.2) is 29.9 Å². The van der Waals surface area contributed by atoms with Crippen LogP contribution in [0.5, 0.6) is 0 Å². The molecule has 0 fully saturated rings. The molecule has 0 amide bonds. The van der Waals surface area contributed by atoms with E-state index >= 15 is 0 Å². The molecule has 0 aliphatic heterocycles. The lowest BCUT2D eigenvalue weighted by molar-refractivity contribution is 0.660. The van der Waals surface area contributed by atoms with Gasteiger partial charge in [-0.3, -0.25) is 9.80 Å². The molecule has 2 heterocycles. The highest BCUT2D eigenvalue weighted by atomic mass is 15.3. The van der Waals surface area contributed by atoms with Gasteiger partial charge in [0.05, 0.1) is 0 Å². The van der Waals surface area contributed by atoms with E-state index in [9.17, 15) is 0 Å². The molecule has 7 aromatic carbocycles. The van der Waals surface area contributed by atoms with E-state index in [-0.39, 0.29) is 10.8 Å². The van der Waals surface area contributed by atoms with Crippen molar-refractivity contribution in [2.24, 2.45) is 0 Å². The maximum Gasteiger partial charge on any atom is 0.237 e. The van der Waals surface area contributed by atoms with Gasteiger partial charge in [-0.2, -0.15) is 0 Å². The number of fused-ring (bicyclic) bond motifs is 6. The van der Waals surface area contributed by atoms with E-state index < -0.39 is 0 Å². The van der Waals surface area contributed by atoms with Crippen molar-refractivity contribution in [2.45, 2.75) is 52.4 Å². The Morgan fingerprint density at radius 2 is 0.632 bits per heavy atom.